The van der Waals surface area contributed by atoms with Gasteiger partial charge < -0.3 is 19.5 Å². The summed E-state index contributed by atoms with van der Waals surface area (Å²) in [6.07, 6.45) is 0. The van der Waals surface area contributed by atoms with E-state index in [1.165, 1.54) is 12.0 Å². The maximum Gasteiger partial charge on any atom is 0.295 e. The molecule has 1 aliphatic rings. The maximum absolute atomic E-state index is 12.8. The number of amides is 1. The van der Waals surface area contributed by atoms with Crippen LogP contribution in [0.15, 0.2) is 54.1 Å². The molecule has 1 fully saturated rings. The van der Waals surface area contributed by atoms with Crippen molar-refractivity contribution < 1.29 is 24.2 Å². The fourth-order valence-electron chi connectivity index (χ4n) is 3.20. The molecule has 1 saturated heterocycles. The van der Waals surface area contributed by atoms with Crippen LogP contribution in [0.5, 0.6) is 5.75 Å². The Bertz CT molecular complexity index is 905. The minimum Gasteiger partial charge on any atom is -0.507 e. The number of nitrogens with zero attached hydrogens (tertiary/aromatic N) is 1. The summed E-state index contributed by atoms with van der Waals surface area (Å²) in [5.74, 6) is -0.996. The van der Waals surface area contributed by atoms with Gasteiger partial charge in [0.15, 0.2) is 0 Å². The predicted molar refractivity (Wildman–Crippen MR) is 105 cm³/mol. The summed E-state index contributed by atoms with van der Waals surface area (Å²) in [7, 11) is 3.08. The first kappa shape index (κ1) is 19.9. The van der Waals surface area contributed by atoms with Crippen LogP contribution < -0.4 is 4.74 Å². The van der Waals surface area contributed by atoms with Crippen molar-refractivity contribution in [3.63, 3.8) is 0 Å². The Morgan fingerprint density at radius 3 is 2.29 bits per heavy atom. The number of carbonyl (C=O) groups is 2. The maximum atomic E-state index is 12.8. The summed E-state index contributed by atoms with van der Waals surface area (Å²) in [5.41, 5.74) is 1.13. The number of rotatable bonds is 6. The standard InChI is InChI=1S/C21H20ClNO5/c1-27-12-11-23-18(13-5-9-16(28-2)10-6-13)17(20(25)21(23)26)19(24)14-3-7-15(22)8-4-14/h3-10,18,24H,11-12H2,1-2H3/b19-17-. The van der Waals surface area contributed by atoms with Crippen molar-refractivity contribution >= 4 is 29.1 Å². The van der Waals surface area contributed by atoms with E-state index in [9.17, 15) is 14.7 Å². The third-order valence-corrected chi connectivity index (χ3v) is 4.88. The largest absolute Gasteiger partial charge is 0.507 e. The molecule has 0 saturated carbocycles. The average Bonchev–Trinajstić information content (AvgIpc) is 2.97. The molecule has 0 bridgehead atoms. The SMILES string of the molecule is COCCN1C(=O)C(=O)/C(=C(\O)c2ccc(Cl)cc2)C1c1ccc(OC)cc1. The van der Waals surface area contributed by atoms with Crippen LogP contribution in [0.3, 0.4) is 0 Å². The van der Waals surface area contributed by atoms with E-state index in [2.05, 4.69) is 0 Å². The van der Waals surface area contributed by atoms with Crippen molar-refractivity contribution in [2.24, 2.45) is 0 Å². The van der Waals surface area contributed by atoms with E-state index in [4.69, 9.17) is 21.1 Å². The lowest BCUT2D eigenvalue weighted by Crippen LogP contribution is -2.32. The van der Waals surface area contributed by atoms with Crippen molar-refractivity contribution in [2.75, 3.05) is 27.4 Å². The molecule has 3 rings (SSSR count). The van der Waals surface area contributed by atoms with Gasteiger partial charge in [-0.1, -0.05) is 23.7 Å². The number of ether oxygens (including phenoxy) is 2. The van der Waals surface area contributed by atoms with Crippen molar-refractivity contribution in [1.29, 1.82) is 0 Å². The number of halogens is 1. The number of aliphatic hydroxyl groups is 1. The summed E-state index contributed by atoms with van der Waals surface area (Å²) in [5, 5.41) is 11.4. The highest BCUT2D eigenvalue weighted by molar-refractivity contribution is 6.46. The number of carbonyl (C=O) groups excluding carboxylic acids is 2. The van der Waals surface area contributed by atoms with Crippen LogP contribution in [0, 0.1) is 0 Å². The molecule has 2 aromatic carbocycles. The Labute approximate surface area is 167 Å². The fraction of sp³-hybridized carbons (Fsp3) is 0.238. The molecule has 0 aliphatic carbocycles. The molecule has 0 radical (unpaired) electrons. The minimum absolute atomic E-state index is 0.0357. The fourth-order valence-corrected chi connectivity index (χ4v) is 3.32. The lowest BCUT2D eigenvalue weighted by Gasteiger charge is -2.25. The number of ketones is 1. The molecule has 1 aliphatic heterocycles. The first-order valence-corrected chi connectivity index (χ1v) is 9.03. The molecular weight excluding hydrogens is 382 g/mol. The van der Waals surface area contributed by atoms with Gasteiger partial charge in [0.25, 0.3) is 11.7 Å². The average molecular weight is 402 g/mol. The van der Waals surface area contributed by atoms with Crippen LogP contribution in [0.4, 0.5) is 0 Å². The van der Waals surface area contributed by atoms with Gasteiger partial charge in [-0.15, -0.1) is 0 Å². The van der Waals surface area contributed by atoms with Crippen molar-refractivity contribution in [2.45, 2.75) is 6.04 Å². The highest BCUT2D eigenvalue weighted by Gasteiger charge is 2.45. The lowest BCUT2D eigenvalue weighted by atomic mass is 9.95. The van der Waals surface area contributed by atoms with Gasteiger partial charge >= 0.3 is 0 Å². The van der Waals surface area contributed by atoms with E-state index in [1.807, 2.05) is 0 Å². The summed E-state index contributed by atoms with van der Waals surface area (Å²) >= 11 is 5.91. The highest BCUT2D eigenvalue weighted by Crippen LogP contribution is 2.39. The molecule has 7 heteroatoms. The molecular formula is C21H20ClNO5. The lowest BCUT2D eigenvalue weighted by molar-refractivity contribution is -0.140. The monoisotopic (exact) mass is 401 g/mol. The number of benzene rings is 2. The van der Waals surface area contributed by atoms with Crippen molar-refractivity contribution in [3.05, 3.63) is 70.3 Å². The van der Waals surface area contributed by atoms with Crippen LogP contribution in [0.2, 0.25) is 5.02 Å². The first-order chi connectivity index (χ1) is 13.5. The smallest absolute Gasteiger partial charge is 0.295 e. The number of hydrogen-bond donors (Lipinski definition) is 1. The summed E-state index contributed by atoms with van der Waals surface area (Å²) in [6.45, 7) is 0.482. The Morgan fingerprint density at radius 1 is 1.07 bits per heavy atom. The number of aliphatic hydroxyl groups excluding tert-OH is 1. The van der Waals surface area contributed by atoms with Gasteiger partial charge in [-0.25, -0.2) is 0 Å². The van der Waals surface area contributed by atoms with E-state index >= 15 is 0 Å². The summed E-state index contributed by atoms with van der Waals surface area (Å²) in [4.78, 5) is 26.8. The second kappa shape index (κ2) is 8.46. The van der Waals surface area contributed by atoms with Crippen molar-refractivity contribution in [1.82, 2.24) is 4.90 Å². The topological polar surface area (TPSA) is 76.1 Å². The summed E-state index contributed by atoms with van der Waals surface area (Å²) < 4.78 is 10.3. The van der Waals surface area contributed by atoms with Crippen LogP contribution >= 0.6 is 11.6 Å². The van der Waals surface area contributed by atoms with E-state index in [0.29, 0.717) is 21.9 Å². The number of hydrogen-bond acceptors (Lipinski definition) is 5. The van der Waals surface area contributed by atoms with Gasteiger partial charge in [-0.05, 0) is 42.0 Å². The normalized spacial score (nSPS) is 18.5. The zero-order valence-corrected chi connectivity index (χ0v) is 16.3. The number of methoxy groups -OCH3 is 2. The van der Waals surface area contributed by atoms with Crippen LogP contribution in [-0.4, -0.2) is 49.1 Å². The molecule has 0 spiro atoms. The Hall–Kier alpha value is -2.83. The number of Topliss-reactive ketones (excluding diaryl/α,β-unsaturated/α-hetero) is 1. The predicted octanol–water partition coefficient (Wildman–Crippen LogP) is 3.42. The number of likely N-dealkylation sites (tertiary alicyclic amines) is 1. The first-order valence-electron chi connectivity index (χ1n) is 8.65. The molecule has 0 aromatic heterocycles. The Balaban J connectivity index is 2.13. The minimum atomic E-state index is -0.732. The molecule has 1 heterocycles. The molecule has 2 aromatic rings. The zero-order valence-electron chi connectivity index (χ0n) is 15.5. The van der Waals surface area contributed by atoms with Gasteiger partial charge in [0.1, 0.15) is 11.5 Å². The zero-order chi connectivity index (χ0) is 20.3. The van der Waals surface area contributed by atoms with Gasteiger partial charge in [0.2, 0.25) is 0 Å². The third kappa shape index (κ3) is 3.74. The van der Waals surface area contributed by atoms with Gasteiger partial charge in [0, 0.05) is 24.2 Å². The molecule has 6 nitrogen and oxygen atoms in total. The highest BCUT2D eigenvalue weighted by atomic mass is 35.5. The molecule has 1 N–H and O–H groups in total. The Kier molecular flexibility index (Phi) is 6.02. The van der Waals surface area contributed by atoms with E-state index in [-0.39, 0.29) is 24.5 Å². The van der Waals surface area contributed by atoms with Crippen LogP contribution in [0.25, 0.3) is 5.76 Å². The molecule has 1 amide bonds. The van der Waals surface area contributed by atoms with Gasteiger partial charge in [-0.3, -0.25) is 9.59 Å². The van der Waals surface area contributed by atoms with E-state index < -0.39 is 17.7 Å². The van der Waals surface area contributed by atoms with Gasteiger partial charge in [-0.2, -0.15) is 0 Å². The Morgan fingerprint density at radius 2 is 1.71 bits per heavy atom. The second-order valence-electron chi connectivity index (χ2n) is 6.27. The molecule has 1 atom stereocenters. The molecule has 1 unspecified atom stereocenters. The second-order valence-corrected chi connectivity index (χ2v) is 6.70. The third-order valence-electron chi connectivity index (χ3n) is 4.63. The van der Waals surface area contributed by atoms with E-state index in [0.717, 1.165) is 0 Å². The molecule has 146 valence electrons. The van der Waals surface area contributed by atoms with Crippen LogP contribution in [0.1, 0.15) is 17.2 Å². The van der Waals surface area contributed by atoms with Crippen LogP contribution in [-0.2, 0) is 14.3 Å². The quantitative estimate of drug-likeness (QED) is 0.456. The molecule has 28 heavy (non-hydrogen) atoms. The van der Waals surface area contributed by atoms with E-state index in [1.54, 1.807) is 55.6 Å². The van der Waals surface area contributed by atoms with Gasteiger partial charge in [0.05, 0.1) is 25.3 Å². The summed E-state index contributed by atoms with van der Waals surface area (Å²) in [6, 6.07) is 12.7. The van der Waals surface area contributed by atoms with Crippen molar-refractivity contribution in [3.8, 4) is 5.75 Å².